The molecule has 1 N–H and O–H groups in total. The lowest BCUT2D eigenvalue weighted by Crippen LogP contribution is -2.41. The van der Waals surface area contributed by atoms with Crippen LogP contribution in [0.3, 0.4) is 0 Å². The fourth-order valence-electron chi connectivity index (χ4n) is 3.01. The Morgan fingerprint density at radius 2 is 1.61 bits per heavy atom. The number of nitrogens with zero attached hydrogens (tertiary/aromatic N) is 1. The molecule has 5 nitrogen and oxygen atoms in total. The summed E-state index contributed by atoms with van der Waals surface area (Å²) in [6, 6.07) is 6.19. The van der Waals surface area contributed by atoms with E-state index >= 15 is 0 Å². The SMILES string of the molecule is CC(C)(C)NC(=O)c1ccc(C(=O)OCC2CCN(CC(F)(F)F)CC2)cc1. The molecule has 0 atom stereocenters. The van der Waals surface area contributed by atoms with Crippen LogP contribution in [0.2, 0.25) is 0 Å². The van der Waals surface area contributed by atoms with Crippen LogP contribution in [0.1, 0.15) is 54.3 Å². The van der Waals surface area contributed by atoms with Gasteiger partial charge in [0.2, 0.25) is 0 Å². The number of piperidine rings is 1. The van der Waals surface area contributed by atoms with Crippen LogP contribution in [-0.2, 0) is 4.74 Å². The van der Waals surface area contributed by atoms with Crippen molar-refractivity contribution in [2.24, 2.45) is 5.92 Å². The highest BCUT2D eigenvalue weighted by atomic mass is 19.4. The highest BCUT2D eigenvalue weighted by molar-refractivity contribution is 5.96. The number of carbonyl (C=O) groups excluding carboxylic acids is 2. The molecule has 156 valence electrons. The summed E-state index contributed by atoms with van der Waals surface area (Å²) < 4.78 is 42.5. The van der Waals surface area contributed by atoms with Gasteiger partial charge in [-0.15, -0.1) is 0 Å². The highest BCUT2D eigenvalue weighted by Gasteiger charge is 2.32. The molecule has 0 saturated carbocycles. The van der Waals surface area contributed by atoms with Gasteiger partial charge in [0.25, 0.3) is 5.91 Å². The van der Waals surface area contributed by atoms with Crippen LogP contribution in [0.4, 0.5) is 13.2 Å². The molecule has 1 amide bonds. The van der Waals surface area contributed by atoms with Crippen molar-refractivity contribution in [2.75, 3.05) is 26.2 Å². The summed E-state index contributed by atoms with van der Waals surface area (Å²) >= 11 is 0. The smallest absolute Gasteiger partial charge is 0.401 e. The standard InChI is InChI=1S/C20H27F3N2O3/c1-19(2,3)24-17(26)15-4-6-16(7-5-15)18(27)28-12-14-8-10-25(11-9-14)13-20(21,22)23/h4-7,14H,8-13H2,1-3H3,(H,24,26). The maximum Gasteiger partial charge on any atom is 0.401 e. The Bertz CT molecular complexity index is 673. The first-order valence-corrected chi connectivity index (χ1v) is 9.32. The van der Waals surface area contributed by atoms with Crippen LogP contribution in [-0.4, -0.2) is 54.7 Å². The summed E-state index contributed by atoms with van der Waals surface area (Å²) in [4.78, 5) is 25.6. The summed E-state index contributed by atoms with van der Waals surface area (Å²) in [5.41, 5.74) is 0.426. The Kier molecular flexibility index (Phi) is 7.09. The van der Waals surface area contributed by atoms with Crippen LogP contribution in [0.15, 0.2) is 24.3 Å². The lowest BCUT2D eigenvalue weighted by Gasteiger charge is -2.31. The van der Waals surface area contributed by atoms with Crippen LogP contribution in [0.25, 0.3) is 0 Å². The molecule has 2 rings (SSSR count). The van der Waals surface area contributed by atoms with E-state index in [0.29, 0.717) is 37.1 Å². The predicted molar refractivity (Wildman–Crippen MR) is 99.2 cm³/mol. The fraction of sp³-hybridized carbons (Fsp3) is 0.600. The van der Waals surface area contributed by atoms with Crippen molar-refractivity contribution < 1.29 is 27.5 Å². The van der Waals surface area contributed by atoms with Crippen molar-refractivity contribution in [3.8, 4) is 0 Å². The number of carbonyl (C=O) groups is 2. The topological polar surface area (TPSA) is 58.6 Å². The van der Waals surface area contributed by atoms with E-state index in [4.69, 9.17) is 4.74 Å². The van der Waals surface area contributed by atoms with E-state index in [1.54, 1.807) is 12.1 Å². The third-order valence-electron chi connectivity index (χ3n) is 4.43. The monoisotopic (exact) mass is 400 g/mol. The van der Waals surface area contributed by atoms with Crippen molar-refractivity contribution >= 4 is 11.9 Å². The Morgan fingerprint density at radius 3 is 2.11 bits per heavy atom. The number of esters is 1. The Balaban J connectivity index is 1.79. The van der Waals surface area contributed by atoms with Gasteiger partial charge in [-0.3, -0.25) is 9.69 Å². The number of halogens is 3. The lowest BCUT2D eigenvalue weighted by molar-refractivity contribution is -0.148. The average molecular weight is 400 g/mol. The molecule has 1 fully saturated rings. The van der Waals surface area contributed by atoms with E-state index in [0.717, 1.165) is 0 Å². The van der Waals surface area contributed by atoms with Gasteiger partial charge in [-0.05, 0) is 76.9 Å². The van der Waals surface area contributed by atoms with E-state index in [1.807, 2.05) is 20.8 Å². The first-order chi connectivity index (χ1) is 12.9. The van der Waals surface area contributed by atoms with Crippen molar-refractivity contribution in [3.05, 3.63) is 35.4 Å². The number of alkyl halides is 3. The number of hydrogen-bond donors (Lipinski definition) is 1. The maximum atomic E-state index is 12.4. The molecule has 0 radical (unpaired) electrons. The second-order valence-corrected chi connectivity index (χ2v) is 8.21. The zero-order valence-corrected chi connectivity index (χ0v) is 16.4. The summed E-state index contributed by atoms with van der Waals surface area (Å²) in [6.45, 7) is 5.62. The van der Waals surface area contributed by atoms with E-state index in [9.17, 15) is 22.8 Å². The molecule has 1 aromatic rings. The van der Waals surface area contributed by atoms with Crippen molar-refractivity contribution in [1.82, 2.24) is 10.2 Å². The minimum atomic E-state index is -4.19. The van der Waals surface area contributed by atoms with E-state index in [-0.39, 0.29) is 24.0 Å². The molecule has 1 heterocycles. The molecule has 8 heteroatoms. The first kappa shape index (κ1) is 22.2. The molecule has 0 aromatic heterocycles. The molecule has 1 aromatic carbocycles. The third kappa shape index (κ3) is 7.50. The average Bonchev–Trinajstić information content (AvgIpc) is 2.58. The van der Waals surface area contributed by atoms with Crippen LogP contribution >= 0.6 is 0 Å². The van der Waals surface area contributed by atoms with Gasteiger partial charge >= 0.3 is 12.1 Å². The van der Waals surface area contributed by atoms with Gasteiger partial charge in [-0.25, -0.2) is 4.79 Å². The number of likely N-dealkylation sites (tertiary alicyclic amines) is 1. The number of ether oxygens (including phenoxy) is 1. The molecule has 1 saturated heterocycles. The van der Waals surface area contributed by atoms with Gasteiger partial charge in [-0.1, -0.05) is 0 Å². The third-order valence-corrected chi connectivity index (χ3v) is 4.43. The van der Waals surface area contributed by atoms with E-state index in [1.165, 1.54) is 17.0 Å². The summed E-state index contributed by atoms with van der Waals surface area (Å²) in [7, 11) is 0. The molecule has 1 aliphatic rings. The minimum Gasteiger partial charge on any atom is -0.462 e. The van der Waals surface area contributed by atoms with Gasteiger partial charge < -0.3 is 10.1 Å². The number of benzene rings is 1. The quantitative estimate of drug-likeness (QED) is 0.767. The first-order valence-electron chi connectivity index (χ1n) is 9.32. The Morgan fingerprint density at radius 1 is 1.07 bits per heavy atom. The van der Waals surface area contributed by atoms with Crippen LogP contribution in [0.5, 0.6) is 0 Å². The highest BCUT2D eigenvalue weighted by Crippen LogP contribution is 2.23. The zero-order valence-electron chi connectivity index (χ0n) is 16.4. The predicted octanol–water partition coefficient (Wildman–Crippen LogP) is 3.65. The molecule has 0 aliphatic carbocycles. The number of nitrogens with one attached hydrogen (secondary N) is 1. The van der Waals surface area contributed by atoms with Crippen LogP contribution < -0.4 is 5.32 Å². The van der Waals surface area contributed by atoms with Gasteiger partial charge in [0.15, 0.2) is 0 Å². The second kappa shape index (κ2) is 8.94. The number of amides is 1. The Labute approximate surface area is 163 Å². The molecular weight excluding hydrogens is 373 g/mol. The molecule has 1 aliphatic heterocycles. The molecule has 0 spiro atoms. The molecule has 0 unspecified atom stereocenters. The summed E-state index contributed by atoms with van der Waals surface area (Å²) in [6.07, 6.45) is -3.06. The lowest BCUT2D eigenvalue weighted by atomic mass is 9.98. The second-order valence-electron chi connectivity index (χ2n) is 8.21. The molecule has 28 heavy (non-hydrogen) atoms. The largest absolute Gasteiger partial charge is 0.462 e. The maximum absolute atomic E-state index is 12.4. The van der Waals surface area contributed by atoms with Gasteiger partial charge in [0.05, 0.1) is 18.7 Å². The number of hydrogen-bond acceptors (Lipinski definition) is 4. The minimum absolute atomic E-state index is 0.0604. The van der Waals surface area contributed by atoms with Crippen molar-refractivity contribution in [2.45, 2.75) is 45.3 Å². The van der Waals surface area contributed by atoms with Gasteiger partial charge in [-0.2, -0.15) is 13.2 Å². The van der Waals surface area contributed by atoms with E-state index in [2.05, 4.69) is 5.32 Å². The van der Waals surface area contributed by atoms with Crippen LogP contribution in [0, 0.1) is 5.92 Å². The zero-order chi connectivity index (χ0) is 20.9. The van der Waals surface area contributed by atoms with E-state index < -0.39 is 18.7 Å². The number of rotatable bonds is 5. The summed E-state index contributed by atoms with van der Waals surface area (Å²) in [5, 5.41) is 2.84. The normalized spacial score (nSPS) is 16.6. The Hall–Kier alpha value is -2.09. The van der Waals surface area contributed by atoms with Gasteiger partial charge in [0.1, 0.15) is 0 Å². The van der Waals surface area contributed by atoms with Gasteiger partial charge in [0, 0.05) is 11.1 Å². The fourth-order valence-corrected chi connectivity index (χ4v) is 3.01. The molecular formula is C20H27F3N2O3. The summed E-state index contributed by atoms with van der Waals surface area (Å²) in [5.74, 6) is -0.663. The molecule has 0 bridgehead atoms. The van der Waals surface area contributed by atoms with Crippen molar-refractivity contribution in [1.29, 1.82) is 0 Å². The van der Waals surface area contributed by atoms with Crippen molar-refractivity contribution in [3.63, 3.8) is 0 Å².